The van der Waals surface area contributed by atoms with E-state index in [1.165, 1.54) is 11.5 Å². The van der Waals surface area contributed by atoms with E-state index in [2.05, 4.69) is 19.7 Å². The molecule has 0 aliphatic heterocycles. The standard InChI is InChI=1S/C19H15FN4O2S/c1-26-15-6-16-9(7-22-27-16)4-11(15)13-8-21-18-10(13)2-3-17(23-18)24-19(25)12-5-14(12)20/h2-4,6-8,12,14H,5H2,1H3,(H2,21,23,24,25). The number of halogens is 1. The Morgan fingerprint density at radius 1 is 1.37 bits per heavy atom. The summed E-state index contributed by atoms with van der Waals surface area (Å²) in [5, 5.41) is 4.63. The van der Waals surface area contributed by atoms with Crippen LogP contribution in [0.3, 0.4) is 0 Å². The average molecular weight is 382 g/mol. The Balaban J connectivity index is 1.54. The summed E-state index contributed by atoms with van der Waals surface area (Å²) in [6, 6.07) is 7.64. The van der Waals surface area contributed by atoms with E-state index in [-0.39, 0.29) is 5.91 Å². The number of carbonyl (C=O) groups is 1. The van der Waals surface area contributed by atoms with Crippen molar-refractivity contribution in [1.29, 1.82) is 0 Å². The zero-order valence-electron chi connectivity index (χ0n) is 14.3. The van der Waals surface area contributed by atoms with Gasteiger partial charge in [-0.15, -0.1) is 0 Å². The van der Waals surface area contributed by atoms with Crippen LogP contribution in [-0.4, -0.2) is 33.5 Å². The number of aromatic nitrogens is 3. The number of anilines is 1. The monoisotopic (exact) mass is 382 g/mol. The van der Waals surface area contributed by atoms with Crippen molar-refractivity contribution in [3.63, 3.8) is 0 Å². The Labute approximate surface area is 157 Å². The van der Waals surface area contributed by atoms with Crippen molar-refractivity contribution in [2.75, 3.05) is 12.4 Å². The Morgan fingerprint density at radius 2 is 2.22 bits per heavy atom. The summed E-state index contributed by atoms with van der Waals surface area (Å²) < 4.78 is 23.9. The molecule has 0 bridgehead atoms. The van der Waals surface area contributed by atoms with E-state index in [0.29, 0.717) is 17.9 Å². The first-order valence-corrected chi connectivity index (χ1v) is 9.27. The average Bonchev–Trinajstić information content (AvgIpc) is 3.07. The minimum absolute atomic E-state index is 0.292. The lowest BCUT2D eigenvalue weighted by Gasteiger charge is -2.08. The maximum absolute atomic E-state index is 13.0. The minimum Gasteiger partial charge on any atom is -0.496 e. The lowest BCUT2D eigenvalue weighted by atomic mass is 10.0. The van der Waals surface area contributed by atoms with E-state index in [1.807, 2.05) is 30.6 Å². The molecule has 1 aliphatic rings. The first-order valence-electron chi connectivity index (χ1n) is 8.50. The predicted molar refractivity (Wildman–Crippen MR) is 103 cm³/mol. The van der Waals surface area contributed by atoms with Crippen LogP contribution in [0.2, 0.25) is 0 Å². The highest BCUT2D eigenvalue weighted by atomic mass is 32.1. The second-order valence-corrected chi connectivity index (χ2v) is 7.39. The van der Waals surface area contributed by atoms with Crippen molar-refractivity contribution in [1.82, 2.24) is 14.3 Å². The Hall–Kier alpha value is -3.00. The van der Waals surface area contributed by atoms with Gasteiger partial charge in [-0.1, -0.05) is 0 Å². The molecule has 27 heavy (non-hydrogen) atoms. The van der Waals surface area contributed by atoms with E-state index < -0.39 is 12.1 Å². The van der Waals surface area contributed by atoms with Crippen LogP contribution in [0.25, 0.3) is 32.2 Å². The van der Waals surface area contributed by atoms with Gasteiger partial charge in [-0.25, -0.2) is 9.37 Å². The maximum Gasteiger partial charge on any atom is 0.231 e. The van der Waals surface area contributed by atoms with Gasteiger partial charge in [0.05, 0.1) is 17.7 Å². The number of rotatable bonds is 4. The molecule has 0 spiro atoms. The number of benzene rings is 1. The minimum atomic E-state index is -1.03. The van der Waals surface area contributed by atoms with Crippen LogP contribution in [0, 0.1) is 5.92 Å². The van der Waals surface area contributed by atoms with Crippen LogP contribution in [0.5, 0.6) is 5.75 Å². The lowest BCUT2D eigenvalue weighted by molar-refractivity contribution is -0.117. The highest BCUT2D eigenvalue weighted by Gasteiger charge is 2.43. The Morgan fingerprint density at radius 3 is 3.00 bits per heavy atom. The summed E-state index contributed by atoms with van der Waals surface area (Å²) >= 11 is 1.42. The fraction of sp³-hybridized carbons (Fsp3) is 0.211. The molecule has 136 valence electrons. The highest BCUT2D eigenvalue weighted by molar-refractivity contribution is 7.13. The summed E-state index contributed by atoms with van der Waals surface area (Å²) in [6.07, 6.45) is 2.96. The molecule has 0 saturated heterocycles. The maximum atomic E-state index is 13.0. The second kappa shape index (κ2) is 6.02. The number of hydrogen-bond donors (Lipinski definition) is 2. The van der Waals surface area contributed by atoms with E-state index in [4.69, 9.17) is 4.74 Å². The van der Waals surface area contributed by atoms with Gasteiger partial charge < -0.3 is 15.0 Å². The lowest BCUT2D eigenvalue weighted by Crippen LogP contribution is -2.15. The molecular weight excluding hydrogens is 367 g/mol. The summed E-state index contributed by atoms with van der Waals surface area (Å²) in [5.41, 5.74) is 2.53. The van der Waals surface area contributed by atoms with Crippen molar-refractivity contribution in [3.8, 4) is 16.9 Å². The fourth-order valence-electron chi connectivity index (χ4n) is 3.23. The molecule has 0 radical (unpaired) electrons. The molecule has 2 unspecified atom stereocenters. The van der Waals surface area contributed by atoms with Gasteiger partial charge in [0, 0.05) is 40.4 Å². The number of alkyl halides is 1. The summed E-state index contributed by atoms with van der Waals surface area (Å²) in [6.45, 7) is 0. The third kappa shape index (κ3) is 2.73. The number of amides is 1. The second-order valence-electron chi connectivity index (χ2n) is 6.56. The van der Waals surface area contributed by atoms with E-state index in [9.17, 15) is 9.18 Å². The van der Waals surface area contributed by atoms with Crippen molar-refractivity contribution in [2.24, 2.45) is 5.92 Å². The first-order chi connectivity index (χ1) is 13.1. The van der Waals surface area contributed by atoms with Crippen LogP contribution in [0.4, 0.5) is 10.2 Å². The molecule has 3 heterocycles. The van der Waals surface area contributed by atoms with Gasteiger partial charge >= 0.3 is 0 Å². The number of aromatic amines is 1. The SMILES string of the molecule is COc1cc2sncc2cc1-c1c[nH]c2nc(NC(=O)C3CC3F)ccc12. The Kier molecular flexibility index (Phi) is 3.61. The topological polar surface area (TPSA) is 79.9 Å². The van der Waals surface area contributed by atoms with Gasteiger partial charge in [-0.05, 0) is 36.2 Å². The number of hydrogen-bond acceptors (Lipinski definition) is 5. The van der Waals surface area contributed by atoms with Crippen LogP contribution >= 0.6 is 11.5 Å². The van der Waals surface area contributed by atoms with Crippen LogP contribution in [-0.2, 0) is 4.79 Å². The third-order valence-electron chi connectivity index (χ3n) is 4.80. The van der Waals surface area contributed by atoms with Gasteiger partial charge in [0.25, 0.3) is 0 Å². The van der Waals surface area contributed by atoms with E-state index >= 15 is 0 Å². The number of ether oxygens (including phenoxy) is 1. The summed E-state index contributed by atoms with van der Waals surface area (Å²) in [5.74, 6) is 0.298. The number of H-pyrrole nitrogens is 1. The molecule has 8 heteroatoms. The molecule has 3 aromatic heterocycles. The molecule has 2 atom stereocenters. The van der Waals surface area contributed by atoms with E-state index in [1.54, 1.807) is 13.2 Å². The normalized spacial score (nSPS) is 18.7. The number of nitrogens with one attached hydrogen (secondary N) is 2. The van der Waals surface area contributed by atoms with E-state index in [0.717, 1.165) is 32.3 Å². The largest absolute Gasteiger partial charge is 0.496 e. The summed E-state index contributed by atoms with van der Waals surface area (Å²) in [4.78, 5) is 19.5. The van der Waals surface area contributed by atoms with Crippen molar-refractivity contribution in [3.05, 3.63) is 36.7 Å². The van der Waals surface area contributed by atoms with Gasteiger partial charge in [0.2, 0.25) is 5.91 Å². The zero-order chi connectivity index (χ0) is 18.5. The fourth-order valence-corrected chi connectivity index (χ4v) is 3.89. The van der Waals surface area contributed by atoms with Crippen molar-refractivity contribution < 1.29 is 13.9 Å². The van der Waals surface area contributed by atoms with Crippen LogP contribution in [0.1, 0.15) is 6.42 Å². The third-order valence-corrected chi connectivity index (χ3v) is 5.57. The number of pyridine rings is 1. The number of nitrogens with zero attached hydrogens (tertiary/aromatic N) is 2. The molecule has 1 aromatic carbocycles. The zero-order valence-corrected chi connectivity index (χ0v) is 15.1. The molecule has 6 nitrogen and oxygen atoms in total. The molecular formula is C19H15FN4O2S. The van der Waals surface area contributed by atoms with Gasteiger partial charge in [0.1, 0.15) is 23.4 Å². The molecule has 1 fully saturated rings. The first kappa shape index (κ1) is 16.2. The molecule has 1 aliphatic carbocycles. The number of fused-ring (bicyclic) bond motifs is 2. The predicted octanol–water partition coefficient (Wildman–Crippen LogP) is 4.14. The van der Waals surface area contributed by atoms with Crippen LogP contribution in [0.15, 0.2) is 36.7 Å². The molecule has 1 saturated carbocycles. The molecule has 2 N–H and O–H groups in total. The van der Waals surface area contributed by atoms with Gasteiger partial charge in [0.15, 0.2) is 0 Å². The van der Waals surface area contributed by atoms with Crippen molar-refractivity contribution in [2.45, 2.75) is 12.6 Å². The molecule has 5 rings (SSSR count). The van der Waals surface area contributed by atoms with Gasteiger partial charge in [-0.2, -0.15) is 4.37 Å². The number of carbonyl (C=O) groups excluding carboxylic acids is 1. The van der Waals surface area contributed by atoms with Gasteiger partial charge in [-0.3, -0.25) is 4.79 Å². The summed E-state index contributed by atoms with van der Waals surface area (Å²) in [7, 11) is 1.64. The van der Waals surface area contributed by atoms with Crippen LogP contribution < -0.4 is 10.1 Å². The van der Waals surface area contributed by atoms with Crippen molar-refractivity contribution >= 4 is 44.4 Å². The Bertz CT molecular complexity index is 1190. The number of methoxy groups -OCH3 is 1. The molecule has 4 aromatic rings. The smallest absolute Gasteiger partial charge is 0.231 e. The quantitative estimate of drug-likeness (QED) is 0.556. The molecule has 1 amide bonds. The highest BCUT2D eigenvalue weighted by Crippen LogP contribution is 2.39.